The van der Waals surface area contributed by atoms with Crippen LogP contribution in [0.25, 0.3) is 11.5 Å². The smallest absolute Gasteiger partial charge is 0.284 e. The van der Waals surface area contributed by atoms with Crippen LogP contribution in [0.4, 0.5) is 0 Å². The van der Waals surface area contributed by atoms with Crippen molar-refractivity contribution in [1.29, 1.82) is 0 Å². The van der Waals surface area contributed by atoms with E-state index in [0.717, 1.165) is 20.2 Å². The Balaban J connectivity index is 1.55. The standard InChI is InChI=1S/C13H9BrN4OS2/c14-9-4-2-1-3-8(9)11-16-17-12(19-11)20-13-15-10(18-21-13)7-5-6-7/h1-4,7H,5-6H2. The Morgan fingerprint density at radius 3 is 2.90 bits per heavy atom. The van der Waals surface area contributed by atoms with E-state index in [1.807, 2.05) is 24.3 Å². The van der Waals surface area contributed by atoms with E-state index in [1.54, 1.807) is 0 Å². The first-order valence-electron chi connectivity index (χ1n) is 6.39. The van der Waals surface area contributed by atoms with Crippen molar-refractivity contribution >= 4 is 39.2 Å². The third-order valence-corrected chi connectivity index (χ3v) is 5.35. The summed E-state index contributed by atoms with van der Waals surface area (Å²) in [4.78, 5) is 4.50. The lowest BCUT2D eigenvalue weighted by Gasteiger charge is -1.96. The quantitative estimate of drug-likeness (QED) is 0.668. The Hall–Kier alpha value is -1.25. The molecule has 0 bridgehead atoms. The summed E-state index contributed by atoms with van der Waals surface area (Å²) in [6, 6.07) is 7.76. The zero-order chi connectivity index (χ0) is 14.2. The maximum atomic E-state index is 5.69. The zero-order valence-electron chi connectivity index (χ0n) is 10.7. The first kappa shape index (κ1) is 13.4. The molecule has 0 saturated heterocycles. The van der Waals surface area contributed by atoms with Crippen molar-refractivity contribution in [3.63, 3.8) is 0 Å². The second-order valence-electron chi connectivity index (χ2n) is 4.65. The van der Waals surface area contributed by atoms with Gasteiger partial charge in [0.2, 0.25) is 5.89 Å². The lowest BCUT2D eigenvalue weighted by atomic mass is 10.2. The normalized spacial score (nSPS) is 14.5. The maximum Gasteiger partial charge on any atom is 0.284 e. The van der Waals surface area contributed by atoms with Crippen LogP contribution >= 0.6 is 39.2 Å². The summed E-state index contributed by atoms with van der Waals surface area (Å²) in [6.45, 7) is 0. The van der Waals surface area contributed by atoms with Gasteiger partial charge in [-0.25, -0.2) is 4.98 Å². The van der Waals surface area contributed by atoms with Crippen molar-refractivity contribution in [1.82, 2.24) is 19.6 Å². The van der Waals surface area contributed by atoms with Crippen molar-refractivity contribution in [3.05, 3.63) is 34.6 Å². The molecular weight excluding hydrogens is 372 g/mol. The first-order valence-corrected chi connectivity index (χ1v) is 8.78. The third-order valence-electron chi connectivity index (χ3n) is 3.05. The van der Waals surface area contributed by atoms with Gasteiger partial charge >= 0.3 is 0 Å². The van der Waals surface area contributed by atoms with Gasteiger partial charge in [-0.15, -0.1) is 10.2 Å². The van der Waals surface area contributed by atoms with Gasteiger partial charge in [0.1, 0.15) is 5.82 Å². The number of hydrogen-bond donors (Lipinski definition) is 0. The number of aromatic nitrogens is 4. The van der Waals surface area contributed by atoms with Crippen LogP contribution in [0.15, 0.2) is 42.7 Å². The fourth-order valence-corrected chi connectivity index (χ4v) is 3.75. The van der Waals surface area contributed by atoms with Gasteiger partial charge in [0.05, 0.1) is 5.56 Å². The Bertz CT molecular complexity index is 784. The van der Waals surface area contributed by atoms with Crippen LogP contribution in [0.1, 0.15) is 24.6 Å². The summed E-state index contributed by atoms with van der Waals surface area (Å²) >= 11 is 6.23. The summed E-state index contributed by atoms with van der Waals surface area (Å²) in [5, 5.41) is 8.64. The molecule has 1 aliphatic rings. The molecule has 2 aromatic heterocycles. The van der Waals surface area contributed by atoms with Crippen LogP contribution < -0.4 is 0 Å². The molecule has 1 aliphatic carbocycles. The van der Waals surface area contributed by atoms with E-state index >= 15 is 0 Å². The molecule has 106 valence electrons. The monoisotopic (exact) mass is 380 g/mol. The van der Waals surface area contributed by atoms with E-state index in [1.165, 1.54) is 36.1 Å². The minimum Gasteiger partial charge on any atom is -0.411 e. The van der Waals surface area contributed by atoms with E-state index in [9.17, 15) is 0 Å². The van der Waals surface area contributed by atoms with Crippen molar-refractivity contribution < 1.29 is 4.42 Å². The molecule has 2 heterocycles. The van der Waals surface area contributed by atoms with Gasteiger partial charge in [0, 0.05) is 22.2 Å². The Morgan fingerprint density at radius 1 is 1.24 bits per heavy atom. The molecule has 0 unspecified atom stereocenters. The van der Waals surface area contributed by atoms with Gasteiger partial charge in [-0.3, -0.25) is 0 Å². The van der Waals surface area contributed by atoms with Gasteiger partial charge < -0.3 is 4.42 Å². The molecule has 0 spiro atoms. The molecule has 0 atom stereocenters. The Morgan fingerprint density at radius 2 is 2.10 bits per heavy atom. The average Bonchev–Trinajstić information content (AvgIpc) is 3.06. The average molecular weight is 381 g/mol. The van der Waals surface area contributed by atoms with Gasteiger partial charge in [-0.05, 0) is 52.4 Å². The van der Waals surface area contributed by atoms with E-state index in [-0.39, 0.29) is 0 Å². The predicted octanol–water partition coefficient (Wildman–Crippen LogP) is 4.38. The second kappa shape index (κ2) is 5.51. The predicted molar refractivity (Wildman–Crippen MR) is 83.4 cm³/mol. The highest BCUT2D eigenvalue weighted by molar-refractivity contribution is 9.10. The minimum atomic E-state index is 0.485. The molecule has 5 nitrogen and oxygen atoms in total. The van der Waals surface area contributed by atoms with Crippen LogP contribution in [0.5, 0.6) is 0 Å². The molecule has 3 aromatic rings. The minimum absolute atomic E-state index is 0.485. The van der Waals surface area contributed by atoms with Crippen molar-refractivity contribution in [2.75, 3.05) is 0 Å². The fourth-order valence-electron chi connectivity index (χ4n) is 1.84. The third kappa shape index (κ3) is 2.88. The molecule has 0 radical (unpaired) electrons. The number of hydrogen-bond acceptors (Lipinski definition) is 7. The molecule has 1 saturated carbocycles. The van der Waals surface area contributed by atoms with Crippen molar-refractivity contribution in [3.8, 4) is 11.5 Å². The molecular formula is C13H9BrN4OS2. The highest BCUT2D eigenvalue weighted by Gasteiger charge is 2.28. The summed E-state index contributed by atoms with van der Waals surface area (Å²) in [6.07, 6.45) is 2.40. The van der Waals surface area contributed by atoms with Crippen LogP contribution in [-0.2, 0) is 0 Å². The van der Waals surface area contributed by atoms with E-state index in [4.69, 9.17) is 4.42 Å². The number of nitrogens with zero attached hydrogens (tertiary/aromatic N) is 4. The molecule has 0 amide bonds. The van der Waals surface area contributed by atoms with E-state index in [2.05, 4.69) is 35.5 Å². The molecule has 4 rings (SSSR count). The maximum absolute atomic E-state index is 5.69. The van der Waals surface area contributed by atoms with Gasteiger partial charge in [-0.2, -0.15) is 4.37 Å². The number of benzene rings is 1. The zero-order valence-corrected chi connectivity index (χ0v) is 13.9. The topological polar surface area (TPSA) is 64.7 Å². The summed E-state index contributed by atoms with van der Waals surface area (Å²) < 4.78 is 11.8. The van der Waals surface area contributed by atoms with Crippen LogP contribution in [0.3, 0.4) is 0 Å². The number of halogens is 1. The van der Waals surface area contributed by atoms with E-state index in [0.29, 0.717) is 17.0 Å². The van der Waals surface area contributed by atoms with Crippen molar-refractivity contribution in [2.45, 2.75) is 28.3 Å². The molecule has 0 N–H and O–H groups in total. The van der Waals surface area contributed by atoms with Crippen LogP contribution in [-0.4, -0.2) is 19.6 Å². The largest absolute Gasteiger partial charge is 0.411 e. The molecule has 21 heavy (non-hydrogen) atoms. The molecule has 0 aliphatic heterocycles. The van der Waals surface area contributed by atoms with Crippen LogP contribution in [0, 0.1) is 0 Å². The molecule has 8 heteroatoms. The van der Waals surface area contributed by atoms with Gasteiger partial charge in [0.25, 0.3) is 5.22 Å². The SMILES string of the molecule is Brc1ccccc1-c1nnc(Sc2nc(C3CC3)ns2)o1. The van der Waals surface area contributed by atoms with Gasteiger partial charge in [0.15, 0.2) is 4.34 Å². The van der Waals surface area contributed by atoms with Crippen molar-refractivity contribution in [2.24, 2.45) is 0 Å². The fraction of sp³-hybridized carbons (Fsp3) is 0.231. The molecule has 1 aromatic carbocycles. The highest BCUT2D eigenvalue weighted by atomic mass is 79.9. The summed E-state index contributed by atoms with van der Waals surface area (Å²) in [7, 11) is 0. The lowest BCUT2D eigenvalue weighted by molar-refractivity contribution is 0.465. The number of rotatable bonds is 4. The Labute approximate surface area is 137 Å². The first-order chi connectivity index (χ1) is 10.3. The van der Waals surface area contributed by atoms with Crippen LogP contribution in [0.2, 0.25) is 0 Å². The lowest BCUT2D eigenvalue weighted by Crippen LogP contribution is -1.80. The Kier molecular flexibility index (Phi) is 3.52. The van der Waals surface area contributed by atoms with E-state index < -0.39 is 0 Å². The molecule has 1 fully saturated rings. The summed E-state index contributed by atoms with van der Waals surface area (Å²) in [5.74, 6) is 2.01. The summed E-state index contributed by atoms with van der Waals surface area (Å²) in [5.41, 5.74) is 0.882. The second-order valence-corrected chi connectivity index (χ2v) is 7.45. The highest BCUT2D eigenvalue weighted by Crippen LogP contribution is 2.40. The van der Waals surface area contributed by atoms with Gasteiger partial charge in [-0.1, -0.05) is 12.1 Å².